The first-order valence-corrected chi connectivity index (χ1v) is 11.1. The Labute approximate surface area is 179 Å². The quantitative estimate of drug-likeness (QED) is 0.773. The molecule has 2 aromatic carbocycles. The van der Waals surface area contributed by atoms with Gasteiger partial charge in [-0.1, -0.05) is 30.7 Å². The zero-order valence-corrected chi connectivity index (χ0v) is 17.8. The maximum atomic E-state index is 12.8. The number of hydrogen-bond donors (Lipinski definition) is 1. The maximum Gasteiger partial charge on any atom is 0.255 e. The lowest BCUT2D eigenvalue weighted by molar-refractivity contribution is -0.128. The molecule has 0 radical (unpaired) electrons. The summed E-state index contributed by atoms with van der Waals surface area (Å²) >= 11 is 0. The van der Waals surface area contributed by atoms with Crippen LogP contribution in [0.3, 0.4) is 0 Å². The van der Waals surface area contributed by atoms with Crippen LogP contribution in [0.25, 0.3) is 0 Å². The normalized spacial score (nSPS) is 19.8. The molecule has 0 aliphatic carbocycles. The zero-order chi connectivity index (χ0) is 20.9. The standard InChI is InChI=1S/C25H31N3O2/c1-19-7-2-3-13-27(19)17-21-9-5-11-23(16-21)26-25(30)22-10-4-8-20(15-22)18-28-14-6-12-24(28)29/h4-5,8-11,15-16,19H,2-3,6-7,12-14,17-18H2,1H3,(H,26,30)/t19-/m1/s1. The molecule has 30 heavy (non-hydrogen) atoms. The van der Waals surface area contributed by atoms with Crippen molar-refractivity contribution in [3.63, 3.8) is 0 Å². The number of nitrogens with one attached hydrogen (secondary N) is 1. The van der Waals surface area contributed by atoms with E-state index in [9.17, 15) is 9.59 Å². The zero-order valence-electron chi connectivity index (χ0n) is 17.8. The molecule has 2 amide bonds. The van der Waals surface area contributed by atoms with E-state index in [1.807, 2.05) is 41.3 Å². The van der Waals surface area contributed by atoms with Crippen LogP contribution in [0.2, 0.25) is 0 Å². The molecule has 2 aliphatic heterocycles. The van der Waals surface area contributed by atoms with Gasteiger partial charge in [0.2, 0.25) is 5.91 Å². The Kier molecular flexibility index (Phi) is 6.48. The van der Waals surface area contributed by atoms with E-state index < -0.39 is 0 Å². The van der Waals surface area contributed by atoms with Gasteiger partial charge in [-0.2, -0.15) is 0 Å². The van der Waals surface area contributed by atoms with E-state index in [-0.39, 0.29) is 11.8 Å². The summed E-state index contributed by atoms with van der Waals surface area (Å²) in [6, 6.07) is 16.3. The van der Waals surface area contributed by atoms with E-state index >= 15 is 0 Å². The van der Waals surface area contributed by atoms with Crippen molar-refractivity contribution in [1.82, 2.24) is 9.80 Å². The number of hydrogen-bond acceptors (Lipinski definition) is 3. The van der Waals surface area contributed by atoms with Crippen molar-refractivity contribution < 1.29 is 9.59 Å². The molecule has 2 aliphatic rings. The average molecular weight is 406 g/mol. The first kappa shape index (κ1) is 20.6. The number of piperidine rings is 1. The van der Waals surface area contributed by atoms with Crippen LogP contribution in [0.15, 0.2) is 48.5 Å². The molecule has 2 fully saturated rings. The smallest absolute Gasteiger partial charge is 0.255 e. The monoisotopic (exact) mass is 405 g/mol. The van der Waals surface area contributed by atoms with Crippen LogP contribution in [0.5, 0.6) is 0 Å². The van der Waals surface area contributed by atoms with Crippen LogP contribution in [-0.4, -0.2) is 40.7 Å². The second kappa shape index (κ2) is 9.43. The summed E-state index contributed by atoms with van der Waals surface area (Å²) in [6.45, 7) is 5.74. The molecule has 0 spiro atoms. The molecule has 0 bridgehead atoms. The topological polar surface area (TPSA) is 52.7 Å². The largest absolute Gasteiger partial charge is 0.338 e. The highest BCUT2D eigenvalue weighted by molar-refractivity contribution is 6.04. The molecule has 5 heteroatoms. The summed E-state index contributed by atoms with van der Waals surface area (Å²) in [5.74, 6) is 0.0813. The third kappa shape index (κ3) is 5.08. The van der Waals surface area contributed by atoms with E-state index in [4.69, 9.17) is 0 Å². The molecule has 1 atom stereocenters. The highest BCUT2D eigenvalue weighted by Crippen LogP contribution is 2.21. The molecular formula is C25H31N3O2. The Morgan fingerprint density at radius 2 is 1.80 bits per heavy atom. The average Bonchev–Trinajstić information content (AvgIpc) is 3.15. The van der Waals surface area contributed by atoms with Gasteiger partial charge in [-0.3, -0.25) is 14.5 Å². The molecule has 0 aromatic heterocycles. The maximum absolute atomic E-state index is 12.8. The van der Waals surface area contributed by atoms with Crippen molar-refractivity contribution in [3.8, 4) is 0 Å². The van der Waals surface area contributed by atoms with Gasteiger partial charge in [-0.25, -0.2) is 0 Å². The van der Waals surface area contributed by atoms with Crippen LogP contribution in [0, 0.1) is 0 Å². The van der Waals surface area contributed by atoms with E-state index in [0.717, 1.165) is 37.3 Å². The van der Waals surface area contributed by atoms with Crippen molar-refractivity contribution in [2.45, 2.75) is 58.2 Å². The second-order valence-electron chi connectivity index (χ2n) is 8.59. The van der Waals surface area contributed by atoms with Gasteiger partial charge < -0.3 is 10.2 Å². The fourth-order valence-electron chi connectivity index (χ4n) is 4.48. The molecule has 1 N–H and O–H groups in total. The van der Waals surface area contributed by atoms with E-state index in [1.54, 1.807) is 0 Å². The molecule has 4 rings (SSSR count). The molecule has 158 valence electrons. The number of carbonyl (C=O) groups excluding carboxylic acids is 2. The van der Waals surface area contributed by atoms with Gasteiger partial charge in [-0.15, -0.1) is 0 Å². The number of likely N-dealkylation sites (tertiary alicyclic amines) is 2. The number of carbonyl (C=O) groups is 2. The highest BCUT2D eigenvalue weighted by atomic mass is 16.2. The van der Waals surface area contributed by atoms with Gasteiger partial charge in [0.05, 0.1) is 0 Å². The lowest BCUT2D eigenvalue weighted by atomic mass is 10.0. The van der Waals surface area contributed by atoms with Gasteiger partial charge in [-0.05, 0) is 68.1 Å². The minimum Gasteiger partial charge on any atom is -0.338 e. The molecule has 0 saturated carbocycles. The summed E-state index contributed by atoms with van der Waals surface area (Å²) in [5.41, 5.74) is 3.66. The fraction of sp³-hybridized carbons (Fsp3) is 0.440. The van der Waals surface area contributed by atoms with Crippen molar-refractivity contribution in [1.29, 1.82) is 0 Å². The number of anilines is 1. The SMILES string of the molecule is C[C@@H]1CCCCN1Cc1cccc(NC(=O)c2cccc(CN3CCCC3=O)c2)c1. The molecule has 2 heterocycles. The summed E-state index contributed by atoms with van der Waals surface area (Å²) in [5, 5.41) is 3.04. The Hall–Kier alpha value is -2.66. The van der Waals surface area contributed by atoms with Gasteiger partial charge in [0, 0.05) is 43.3 Å². The highest BCUT2D eigenvalue weighted by Gasteiger charge is 2.21. The van der Waals surface area contributed by atoms with E-state index in [1.165, 1.54) is 24.8 Å². The number of nitrogens with zero attached hydrogens (tertiary/aromatic N) is 2. The van der Waals surface area contributed by atoms with Crippen LogP contribution < -0.4 is 5.32 Å². The fourth-order valence-corrected chi connectivity index (χ4v) is 4.48. The van der Waals surface area contributed by atoms with Gasteiger partial charge in [0.1, 0.15) is 0 Å². The first-order valence-electron chi connectivity index (χ1n) is 11.1. The minimum atomic E-state index is -0.118. The molecular weight excluding hydrogens is 374 g/mol. The van der Waals surface area contributed by atoms with Crippen LogP contribution in [-0.2, 0) is 17.9 Å². The van der Waals surface area contributed by atoms with Crippen molar-refractivity contribution in [3.05, 3.63) is 65.2 Å². The predicted octanol–water partition coefficient (Wildman–Crippen LogP) is 4.44. The van der Waals surface area contributed by atoms with Crippen LogP contribution in [0.1, 0.15) is 60.5 Å². The lowest BCUT2D eigenvalue weighted by Gasteiger charge is -2.33. The van der Waals surface area contributed by atoms with Crippen molar-refractivity contribution in [2.24, 2.45) is 0 Å². The molecule has 2 aromatic rings. The number of benzene rings is 2. The Bertz CT molecular complexity index is 911. The second-order valence-corrected chi connectivity index (χ2v) is 8.59. The van der Waals surface area contributed by atoms with Gasteiger partial charge in [0.15, 0.2) is 0 Å². The van der Waals surface area contributed by atoms with E-state index in [2.05, 4.69) is 29.3 Å². The summed E-state index contributed by atoms with van der Waals surface area (Å²) in [7, 11) is 0. The van der Waals surface area contributed by atoms with E-state index in [0.29, 0.717) is 24.6 Å². The summed E-state index contributed by atoms with van der Waals surface area (Å²) in [4.78, 5) is 29.1. The predicted molar refractivity (Wildman–Crippen MR) is 119 cm³/mol. The van der Waals surface area contributed by atoms with Crippen LogP contribution in [0.4, 0.5) is 5.69 Å². The minimum absolute atomic E-state index is 0.118. The Morgan fingerprint density at radius 3 is 2.57 bits per heavy atom. The van der Waals surface area contributed by atoms with Crippen molar-refractivity contribution >= 4 is 17.5 Å². The third-order valence-electron chi connectivity index (χ3n) is 6.25. The van der Waals surface area contributed by atoms with Crippen LogP contribution >= 0.6 is 0 Å². The Balaban J connectivity index is 1.40. The van der Waals surface area contributed by atoms with Gasteiger partial charge >= 0.3 is 0 Å². The number of amides is 2. The first-order chi connectivity index (χ1) is 14.6. The summed E-state index contributed by atoms with van der Waals surface area (Å²) < 4.78 is 0. The summed E-state index contributed by atoms with van der Waals surface area (Å²) in [6.07, 6.45) is 5.40. The lowest BCUT2D eigenvalue weighted by Crippen LogP contribution is -2.36. The molecule has 2 saturated heterocycles. The molecule has 5 nitrogen and oxygen atoms in total. The van der Waals surface area contributed by atoms with Crippen molar-refractivity contribution in [2.75, 3.05) is 18.4 Å². The Morgan fingerprint density at radius 1 is 1.00 bits per heavy atom. The third-order valence-corrected chi connectivity index (χ3v) is 6.25. The number of rotatable bonds is 6. The van der Waals surface area contributed by atoms with Gasteiger partial charge in [0.25, 0.3) is 5.91 Å². The molecule has 0 unspecified atom stereocenters.